The number of nitrogens with two attached hydrogens (primary N) is 1. The summed E-state index contributed by atoms with van der Waals surface area (Å²) in [4.78, 5) is 3.79. The molecule has 1 aliphatic rings. The second-order valence-corrected chi connectivity index (χ2v) is 7.06. The fraction of sp³-hybridized carbons (Fsp3) is 0.733. The topological polar surface area (TPSA) is 41.3 Å². The molecule has 1 aromatic heterocycles. The Labute approximate surface area is 121 Å². The predicted octanol–water partition coefficient (Wildman–Crippen LogP) is 3.22. The Bertz CT molecular complexity index is 392. The Balaban J connectivity index is 2.37. The Morgan fingerprint density at radius 1 is 1.26 bits per heavy atom. The van der Waals surface area contributed by atoms with Crippen LogP contribution < -0.4 is 11.3 Å². The first-order chi connectivity index (χ1) is 9.12. The molecule has 1 aromatic rings. The molecule has 0 amide bonds. The van der Waals surface area contributed by atoms with Crippen LogP contribution in [0.2, 0.25) is 0 Å². The summed E-state index contributed by atoms with van der Waals surface area (Å²) in [6, 6.07) is 2.47. The summed E-state index contributed by atoms with van der Waals surface area (Å²) in [6.45, 7) is 2.20. The van der Waals surface area contributed by atoms with Gasteiger partial charge in [-0.25, -0.2) is 0 Å². The van der Waals surface area contributed by atoms with E-state index in [0.29, 0.717) is 0 Å². The number of thiophene rings is 1. The van der Waals surface area contributed by atoms with Gasteiger partial charge in [-0.15, -0.1) is 11.3 Å². The fourth-order valence-electron chi connectivity index (χ4n) is 3.56. The van der Waals surface area contributed by atoms with Gasteiger partial charge in [0.1, 0.15) is 0 Å². The number of likely N-dealkylation sites (N-methyl/N-ethyl adjacent to an activating group) is 1. The van der Waals surface area contributed by atoms with Crippen LogP contribution in [0.15, 0.2) is 11.4 Å². The maximum Gasteiger partial charge on any atom is 0.0654 e. The second kappa shape index (κ2) is 6.35. The van der Waals surface area contributed by atoms with E-state index in [-0.39, 0.29) is 11.6 Å². The first kappa shape index (κ1) is 15.0. The average molecular weight is 281 g/mol. The van der Waals surface area contributed by atoms with Crippen LogP contribution in [0.1, 0.15) is 55.0 Å². The molecule has 1 saturated carbocycles. The van der Waals surface area contributed by atoms with Crippen LogP contribution >= 0.6 is 11.3 Å². The summed E-state index contributed by atoms with van der Waals surface area (Å²) < 4.78 is 0. The van der Waals surface area contributed by atoms with Gasteiger partial charge in [-0.3, -0.25) is 11.3 Å². The third kappa shape index (κ3) is 2.87. The fourth-order valence-corrected chi connectivity index (χ4v) is 4.30. The summed E-state index contributed by atoms with van der Waals surface area (Å²) in [7, 11) is 4.41. The van der Waals surface area contributed by atoms with E-state index in [9.17, 15) is 0 Å². The predicted molar refractivity (Wildman–Crippen MR) is 83.2 cm³/mol. The number of aryl methyl sites for hydroxylation is 1. The van der Waals surface area contributed by atoms with Gasteiger partial charge in [0.2, 0.25) is 0 Å². The first-order valence-electron chi connectivity index (χ1n) is 7.29. The molecule has 1 unspecified atom stereocenters. The normalized spacial score (nSPS) is 21.3. The van der Waals surface area contributed by atoms with Crippen molar-refractivity contribution >= 4 is 11.3 Å². The van der Waals surface area contributed by atoms with E-state index in [1.165, 1.54) is 49.0 Å². The Morgan fingerprint density at radius 3 is 2.32 bits per heavy atom. The van der Waals surface area contributed by atoms with Crippen molar-refractivity contribution in [2.75, 3.05) is 14.1 Å². The molecule has 0 spiro atoms. The maximum atomic E-state index is 5.97. The molecule has 3 nitrogen and oxygen atoms in total. The third-order valence-electron chi connectivity index (χ3n) is 4.77. The number of nitrogens with one attached hydrogen (secondary N) is 1. The highest BCUT2D eigenvalue weighted by molar-refractivity contribution is 7.10. The van der Waals surface area contributed by atoms with Gasteiger partial charge in [0, 0.05) is 10.4 Å². The van der Waals surface area contributed by atoms with Crippen molar-refractivity contribution < 1.29 is 0 Å². The molecule has 1 fully saturated rings. The molecule has 1 aliphatic carbocycles. The van der Waals surface area contributed by atoms with Crippen LogP contribution in [0.3, 0.4) is 0 Å². The number of hydrogen-bond acceptors (Lipinski definition) is 4. The smallest absolute Gasteiger partial charge is 0.0654 e. The zero-order valence-corrected chi connectivity index (χ0v) is 13.2. The van der Waals surface area contributed by atoms with Crippen molar-refractivity contribution in [3.05, 3.63) is 21.9 Å². The SMILES string of the molecule is Cc1sccc1C(NN)C1(N(C)C)CCCCCC1. The van der Waals surface area contributed by atoms with Crippen LogP contribution in [-0.4, -0.2) is 24.5 Å². The van der Waals surface area contributed by atoms with Crippen molar-refractivity contribution in [3.8, 4) is 0 Å². The third-order valence-corrected chi connectivity index (χ3v) is 5.64. The van der Waals surface area contributed by atoms with E-state index in [1.54, 1.807) is 0 Å². The minimum absolute atomic E-state index is 0.150. The number of hydrogen-bond donors (Lipinski definition) is 2. The molecule has 0 aliphatic heterocycles. The standard InChI is InChI=1S/C15H27N3S/c1-12-13(8-11-19-12)14(17-16)15(18(2)3)9-6-4-5-7-10-15/h8,11,14,17H,4-7,9-10,16H2,1-3H3. The van der Waals surface area contributed by atoms with Crippen LogP contribution in [-0.2, 0) is 0 Å². The molecular formula is C15H27N3S. The number of nitrogens with zero attached hydrogens (tertiary/aromatic N) is 1. The highest BCUT2D eigenvalue weighted by Crippen LogP contribution is 2.42. The van der Waals surface area contributed by atoms with Crippen molar-refractivity contribution in [1.29, 1.82) is 0 Å². The van der Waals surface area contributed by atoms with Crippen LogP contribution in [0.5, 0.6) is 0 Å². The van der Waals surface area contributed by atoms with E-state index in [4.69, 9.17) is 5.84 Å². The Morgan fingerprint density at radius 2 is 1.89 bits per heavy atom. The summed E-state index contributed by atoms with van der Waals surface area (Å²) in [5, 5.41) is 2.18. The van der Waals surface area contributed by atoms with Gasteiger partial charge in [0.15, 0.2) is 0 Å². The molecule has 3 N–H and O–H groups in total. The van der Waals surface area contributed by atoms with E-state index in [2.05, 4.69) is 42.8 Å². The lowest BCUT2D eigenvalue weighted by Crippen LogP contribution is -2.55. The lowest BCUT2D eigenvalue weighted by molar-refractivity contribution is 0.0799. The molecular weight excluding hydrogens is 254 g/mol. The van der Waals surface area contributed by atoms with Crippen LogP contribution in [0, 0.1) is 6.92 Å². The Kier molecular flexibility index (Phi) is 5.01. The summed E-state index contributed by atoms with van der Waals surface area (Å²) in [5.74, 6) is 5.97. The van der Waals surface area contributed by atoms with Gasteiger partial charge in [-0.05, 0) is 50.9 Å². The largest absolute Gasteiger partial charge is 0.302 e. The van der Waals surface area contributed by atoms with Crippen LogP contribution in [0.4, 0.5) is 0 Å². The van der Waals surface area contributed by atoms with Gasteiger partial charge in [0.25, 0.3) is 0 Å². The van der Waals surface area contributed by atoms with Gasteiger partial charge >= 0.3 is 0 Å². The molecule has 19 heavy (non-hydrogen) atoms. The average Bonchev–Trinajstić information content (AvgIpc) is 2.67. The zero-order valence-electron chi connectivity index (χ0n) is 12.4. The lowest BCUT2D eigenvalue weighted by atomic mass is 9.78. The molecule has 1 heterocycles. The second-order valence-electron chi connectivity index (χ2n) is 5.94. The highest BCUT2D eigenvalue weighted by Gasteiger charge is 2.42. The molecule has 1 atom stereocenters. The van der Waals surface area contributed by atoms with Gasteiger partial charge in [-0.2, -0.15) is 0 Å². The summed E-state index contributed by atoms with van der Waals surface area (Å²) in [5.41, 5.74) is 4.66. The van der Waals surface area contributed by atoms with Gasteiger partial charge in [-0.1, -0.05) is 25.7 Å². The van der Waals surface area contributed by atoms with E-state index < -0.39 is 0 Å². The number of hydrazine groups is 1. The Hall–Kier alpha value is -0.420. The first-order valence-corrected chi connectivity index (χ1v) is 8.17. The molecule has 0 bridgehead atoms. The van der Waals surface area contributed by atoms with Crippen molar-refractivity contribution in [2.24, 2.45) is 5.84 Å². The van der Waals surface area contributed by atoms with Gasteiger partial charge < -0.3 is 4.90 Å². The van der Waals surface area contributed by atoms with Crippen molar-refractivity contribution in [2.45, 2.75) is 57.0 Å². The van der Waals surface area contributed by atoms with E-state index in [1.807, 2.05) is 11.3 Å². The summed E-state index contributed by atoms with van der Waals surface area (Å²) >= 11 is 1.81. The minimum atomic E-state index is 0.150. The van der Waals surface area contributed by atoms with Crippen molar-refractivity contribution in [1.82, 2.24) is 10.3 Å². The van der Waals surface area contributed by atoms with E-state index in [0.717, 1.165) is 0 Å². The molecule has 0 saturated heterocycles. The maximum absolute atomic E-state index is 5.97. The molecule has 0 radical (unpaired) electrons. The molecule has 0 aromatic carbocycles. The highest BCUT2D eigenvalue weighted by atomic mass is 32.1. The van der Waals surface area contributed by atoms with Gasteiger partial charge in [0.05, 0.1) is 6.04 Å². The van der Waals surface area contributed by atoms with Crippen molar-refractivity contribution in [3.63, 3.8) is 0 Å². The molecule has 108 valence electrons. The number of rotatable bonds is 4. The minimum Gasteiger partial charge on any atom is -0.302 e. The quantitative estimate of drug-likeness (QED) is 0.506. The molecule has 4 heteroatoms. The molecule has 2 rings (SSSR count). The summed E-state index contributed by atoms with van der Waals surface area (Å²) in [6.07, 6.45) is 7.78. The monoisotopic (exact) mass is 281 g/mol. The zero-order chi connectivity index (χ0) is 13.9. The van der Waals surface area contributed by atoms with Crippen LogP contribution in [0.25, 0.3) is 0 Å². The lowest BCUT2D eigenvalue weighted by Gasteiger charge is -2.45. The van der Waals surface area contributed by atoms with E-state index >= 15 is 0 Å².